The number of ether oxygens (including phenoxy) is 2. The largest absolute Gasteiger partial charge is 0.472 e. The summed E-state index contributed by atoms with van der Waals surface area (Å²) < 4.78 is 32.6. The Kier molecular flexibility index (Phi) is 40.3. The van der Waals surface area contributed by atoms with Gasteiger partial charge in [0.2, 0.25) is 0 Å². The Bertz CT molecular complexity index is 1340. The highest BCUT2D eigenvalue weighted by Crippen LogP contribution is 2.43. The Balaban J connectivity index is 4.51. The van der Waals surface area contributed by atoms with Crippen LogP contribution in [0.4, 0.5) is 0 Å². The number of aliphatic hydroxyl groups is 2. The van der Waals surface area contributed by atoms with Crippen molar-refractivity contribution in [2.24, 2.45) is 0 Å². The fraction of sp³-hybridized carbons (Fsp3) is 0.583. The summed E-state index contributed by atoms with van der Waals surface area (Å²) in [6.45, 7) is 2.13. The molecule has 0 bridgehead atoms. The first-order valence-corrected chi connectivity index (χ1v) is 23.3. The van der Waals surface area contributed by atoms with E-state index in [0.29, 0.717) is 12.8 Å². The average molecular weight is 845 g/mol. The molecule has 3 atom stereocenters. The fourth-order valence-electron chi connectivity index (χ4n) is 5.02. The van der Waals surface area contributed by atoms with Crippen molar-refractivity contribution in [2.75, 3.05) is 26.4 Å². The predicted octanol–water partition coefficient (Wildman–Crippen LogP) is 11.8. The van der Waals surface area contributed by atoms with Crippen molar-refractivity contribution in [2.45, 2.75) is 154 Å². The van der Waals surface area contributed by atoms with Gasteiger partial charge >= 0.3 is 19.8 Å². The Morgan fingerprint density at radius 1 is 0.508 bits per heavy atom. The van der Waals surface area contributed by atoms with Crippen molar-refractivity contribution >= 4 is 19.8 Å². The van der Waals surface area contributed by atoms with Crippen LogP contribution in [-0.2, 0) is 32.7 Å². The molecule has 0 saturated carbocycles. The van der Waals surface area contributed by atoms with Gasteiger partial charge in [0.15, 0.2) is 6.10 Å². The molecule has 0 heterocycles. The van der Waals surface area contributed by atoms with Crippen molar-refractivity contribution in [3.63, 3.8) is 0 Å². The maximum Gasteiger partial charge on any atom is 0.472 e. The van der Waals surface area contributed by atoms with Gasteiger partial charge in [-0.1, -0.05) is 149 Å². The third kappa shape index (κ3) is 42.6. The first-order valence-electron chi connectivity index (χ1n) is 21.8. The number of phosphoric acid groups is 1. The summed E-state index contributed by atoms with van der Waals surface area (Å²) in [5, 5.41) is 18.3. The quantitative estimate of drug-likeness (QED) is 0.0236. The Morgan fingerprint density at radius 2 is 0.949 bits per heavy atom. The molecule has 0 aromatic heterocycles. The van der Waals surface area contributed by atoms with E-state index in [0.717, 1.165) is 70.6 Å². The highest BCUT2D eigenvalue weighted by atomic mass is 31.2. The molecule has 3 N–H and O–H groups in total. The number of hydrogen-bond acceptors (Lipinski definition) is 9. The molecule has 0 fully saturated rings. The summed E-state index contributed by atoms with van der Waals surface area (Å²) in [7, 11) is -4.65. The minimum Gasteiger partial charge on any atom is -0.462 e. The highest BCUT2D eigenvalue weighted by molar-refractivity contribution is 7.47. The van der Waals surface area contributed by atoms with Gasteiger partial charge in [-0.25, -0.2) is 4.57 Å². The lowest BCUT2D eigenvalue weighted by atomic mass is 10.1. The second kappa shape index (κ2) is 42.7. The van der Waals surface area contributed by atoms with Crippen LogP contribution in [0.1, 0.15) is 142 Å². The number of carbonyl (C=O) groups is 2. The Morgan fingerprint density at radius 3 is 1.42 bits per heavy atom. The van der Waals surface area contributed by atoms with E-state index in [4.69, 9.17) is 19.1 Å². The maximum atomic E-state index is 12.6. The van der Waals surface area contributed by atoms with Crippen molar-refractivity contribution in [3.05, 3.63) is 109 Å². The van der Waals surface area contributed by atoms with Gasteiger partial charge in [0.25, 0.3) is 0 Å². The highest BCUT2D eigenvalue weighted by Gasteiger charge is 2.27. The SMILES string of the molecule is CCC/C=C/C/C=C/C/C=C/C/C=C/CCCCCC(=O)OC[C@H](COP(=O)(O)OC[C@@H](O)CO)OC(=O)CC/C=C/C/C=C/C/C=C/C/C=C/C/C=C/CCCCC. The number of hydrogen-bond donors (Lipinski definition) is 3. The zero-order chi connectivity index (χ0) is 43.3. The first kappa shape index (κ1) is 55.6. The molecule has 334 valence electrons. The molecule has 0 aliphatic carbocycles. The van der Waals surface area contributed by atoms with Gasteiger partial charge in [-0.3, -0.25) is 18.6 Å². The molecule has 0 aliphatic rings. The van der Waals surface area contributed by atoms with Crippen LogP contribution in [0.3, 0.4) is 0 Å². The van der Waals surface area contributed by atoms with E-state index >= 15 is 0 Å². The number of aliphatic hydroxyl groups excluding tert-OH is 2. The molecule has 1 unspecified atom stereocenters. The lowest BCUT2D eigenvalue weighted by Crippen LogP contribution is -2.29. The lowest BCUT2D eigenvalue weighted by Gasteiger charge is -2.20. The second-order valence-electron chi connectivity index (χ2n) is 14.0. The van der Waals surface area contributed by atoms with E-state index in [9.17, 15) is 24.2 Å². The molecule has 0 amide bonds. The number of phosphoric ester groups is 1. The van der Waals surface area contributed by atoms with Gasteiger partial charge in [-0.15, -0.1) is 0 Å². The summed E-state index contributed by atoms with van der Waals surface area (Å²) >= 11 is 0. The predicted molar refractivity (Wildman–Crippen MR) is 242 cm³/mol. The maximum absolute atomic E-state index is 12.6. The molecule has 11 heteroatoms. The van der Waals surface area contributed by atoms with Crippen LogP contribution in [-0.4, -0.2) is 65.7 Å². The summed E-state index contributed by atoms with van der Waals surface area (Å²) in [4.78, 5) is 35.0. The number of esters is 2. The van der Waals surface area contributed by atoms with E-state index in [2.05, 4.69) is 116 Å². The van der Waals surface area contributed by atoms with Crippen LogP contribution >= 0.6 is 7.82 Å². The van der Waals surface area contributed by atoms with E-state index < -0.39 is 51.8 Å². The second-order valence-corrected chi connectivity index (χ2v) is 15.5. The van der Waals surface area contributed by atoms with Crippen LogP contribution in [0.5, 0.6) is 0 Å². The van der Waals surface area contributed by atoms with Crippen LogP contribution in [0, 0.1) is 0 Å². The summed E-state index contributed by atoms with van der Waals surface area (Å²) in [5.41, 5.74) is 0. The van der Waals surface area contributed by atoms with E-state index in [1.165, 1.54) is 32.1 Å². The lowest BCUT2D eigenvalue weighted by molar-refractivity contribution is -0.161. The minimum atomic E-state index is -4.65. The standard InChI is InChI=1S/C48H77O10P/c1-3-5-7-9-11-13-15-17-19-21-22-24-26-28-30-32-34-36-38-40-48(52)58-46(44-57-59(53,54)56-42-45(50)41-49)43-55-47(51)39-37-35-33-31-29-27-25-23-20-18-16-14-12-10-8-6-4-2/h8,10-11,13-14,16-17,19-20,22-24,27-30,34,36,45-46,49-50H,3-7,9,12,15,18,21,25-26,31-33,35,37-44H2,1-2H3,(H,53,54)/b10-8+,13-11+,16-14+,19-17+,23-20+,24-22+,29-27+,30-28+,36-34+/t45-,46+/m0/s1. The summed E-state index contributed by atoms with van der Waals surface area (Å²) in [6.07, 6.45) is 53.5. The molecule has 0 aromatic rings. The van der Waals surface area contributed by atoms with Gasteiger partial charge in [0.05, 0.1) is 19.8 Å². The van der Waals surface area contributed by atoms with E-state index in [-0.39, 0.29) is 19.4 Å². The zero-order valence-corrected chi connectivity index (χ0v) is 37.1. The molecule has 0 saturated heterocycles. The van der Waals surface area contributed by atoms with Gasteiger partial charge in [0, 0.05) is 12.8 Å². The topological polar surface area (TPSA) is 149 Å². The van der Waals surface area contributed by atoms with E-state index in [1.54, 1.807) is 0 Å². The molecule has 0 spiro atoms. The zero-order valence-electron chi connectivity index (χ0n) is 36.2. The van der Waals surface area contributed by atoms with Crippen LogP contribution < -0.4 is 0 Å². The molecule has 0 aromatic carbocycles. The third-order valence-corrected chi connectivity index (χ3v) is 9.35. The van der Waals surface area contributed by atoms with Crippen molar-refractivity contribution in [1.29, 1.82) is 0 Å². The summed E-state index contributed by atoms with van der Waals surface area (Å²) in [5.74, 6) is -1.07. The molecular formula is C48H77O10P. The number of allylic oxidation sites excluding steroid dienone is 18. The monoisotopic (exact) mass is 845 g/mol. The molecule has 59 heavy (non-hydrogen) atoms. The average Bonchev–Trinajstić information content (AvgIpc) is 3.22. The normalized spacial score (nSPS) is 14.9. The van der Waals surface area contributed by atoms with Gasteiger partial charge in [-0.2, -0.15) is 0 Å². The molecule has 0 radical (unpaired) electrons. The van der Waals surface area contributed by atoms with Crippen molar-refractivity contribution < 1.29 is 47.8 Å². The molecule has 10 nitrogen and oxygen atoms in total. The number of unbranched alkanes of at least 4 members (excludes halogenated alkanes) is 7. The number of carbonyl (C=O) groups excluding carboxylic acids is 2. The van der Waals surface area contributed by atoms with Crippen molar-refractivity contribution in [3.8, 4) is 0 Å². The Labute approximate surface area is 356 Å². The molecule has 0 aliphatic heterocycles. The fourth-order valence-corrected chi connectivity index (χ4v) is 5.81. The first-order chi connectivity index (χ1) is 28.7. The number of rotatable bonds is 39. The molecular weight excluding hydrogens is 767 g/mol. The van der Waals surface area contributed by atoms with Gasteiger partial charge in [-0.05, 0) is 89.9 Å². The van der Waals surface area contributed by atoms with Crippen LogP contribution in [0.25, 0.3) is 0 Å². The van der Waals surface area contributed by atoms with Crippen LogP contribution in [0.2, 0.25) is 0 Å². The molecule has 0 rings (SSSR count). The van der Waals surface area contributed by atoms with Crippen LogP contribution in [0.15, 0.2) is 109 Å². The van der Waals surface area contributed by atoms with Crippen molar-refractivity contribution in [1.82, 2.24) is 0 Å². The Hall–Kier alpha value is -3.37. The van der Waals surface area contributed by atoms with E-state index in [1.807, 2.05) is 12.2 Å². The minimum absolute atomic E-state index is 0.0465. The third-order valence-electron chi connectivity index (χ3n) is 8.39. The smallest absolute Gasteiger partial charge is 0.462 e. The van der Waals surface area contributed by atoms with Gasteiger partial charge < -0.3 is 24.6 Å². The van der Waals surface area contributed by atoms with Gasteiger partial charge in [0.1, 0.15) is 12.7 Å². The summed E-state index contributed by atoms with van der Waals surface area (Å²) in [6, 6.07) is 0.